The zero-order valence-corrected chi connectivity index (χ0v) is 12.2. The summed E-state index contributed by atoms with van der Waals surface area (Å²) < 4.78 is 19.6. The van der Waals surface area contributed by atoms with E-state index in [2.05, 4.69) is 5.32 Å². The van der Waals surface area contributed by atoms with Gasteiger partial charge in [-0.15, -0.1) is 0 Å². The maximum atomic E-state index is 13.4. The average molecular weight is 277 g/mol. The summed E-state index contributed by atoms with van der Waals surface area (Å²) in [6.07, 6.45) is 9.16. The van der Waals surface area contributed by atoms with E-state index in [-0.39, 0.29) is 18.0 Å². The third-order valence-electron chi connectivity index (χ3n) is 4.87. The highest BCUT2D eigenvalue weighted by molar-refractivity contribution is 5.38. The van der Waals surface area contributed by atoms with Crippen molar-refractivity contribution in [1.82, 2.24) is 5.32 Å². The van der Waals surface area contributed by atoms with Gasteiger partial charge in [0, 0.05) is 18.0 Å². The standard InChI is InChI=1S/C17H24FNO/c1-19-15-11-17(12-6-4-2-3-5-7-12)20-16-9-8-13(18)10-14(15)16/h8-10,12,15,17,19H,2-7,11H2,1H3. The highest BCUT2D eigenvalue weighted by Crippen LogP contribution is 2.40. The summed E-state index contributed by atoms with van der Waals surface area (Å²) >= 11 is 0. The Morgan fingerprint density at radius 2 is 1.90 bits per heavy atom. The fraction of sp³-hybridized carbons (Fsp3) is 0.647. The van der Waals surface area contributed by atoms with Crippen LogP contribution in [0.15, 0.2) is 18.2 Å². The van der Waals surface area contributed by atoms with Crippen molar-refractivity contribution in [3.8, 4) is 5.75 Å². The Bertz CT molecular complexity index is 454. The molecule has 0 spiro atoms. The number of rotatable bonds is 2. The monoisotopic (exact) mass is 277 g/mol. The van der Waals surface area contributed by atoms with Crippen LogP contribution < -0.4 is 10.1 Å². The van der Waals surface area contributed by atoms with Crippen LogP contribution in [0.25, 0.3) is 0 Å². The van der Waals surface area contributed by atoms with Crippen molar-refractivity contribution < 1.29 is 9.13 Å². The second-order valence-corrected chi connectivity index (χ2v) is 6.17. The Kier molecular flexibility index (Phi) is 4.25. The molecule has 0 amide bonds. The molecule has 2 atom stereocenters. The van der Waals surface area contributed by atoms with Crippen molar-refractivity contribution in [2.75, 3.05) is 7.05 Å². The summed E-state index contributed by atoms with van der Waals surface area (Å²) in [5, 5.41) is 3.33. The first-order chi connectivity index (χ1) is 9.78. The van der Waals surface area contributed by atoms with Gasteiger partial charge < -0.3 is 10.1 Å². The molecule has 2 unspecified atom stereocenters. The average Bonchev–Trinajstić information content (AvgIpc) is 2.75. The van der Waals surface area contributed by atoms with Gasteiger partial charge in [-0.1, -0.05) is 25.7 Å². The summed E-state index contributed by atoms with van der Waals surface area (Å²) in [6.45, 7) is 0. The van der Waals surface area contributed by atoms with Crippen LogP contribution in [0.4, 0.5) is 4.39 Å². The third-order valence-corrected chi connectivity index (χ3v) is 4.87. The summed E-state index contributed by atoms with van der Waals surface area (Å²) in [6, 6.07) is 5.11. The van der Waals surface area contributed by atoms with E-state index in [1.165, 1.54) is 44.6 Å². The molecule has 1 saturated carbocycles. The van der Waals surface area contributed by atoms with E-state index in [0.717, 1.165) is 17.7 Å². The van der Waals surface area contributed by atoms with E-state index in [9.17, 15) is 4.39 Å². The van der Waals surface area contributed by atoms with E-state index < -0.39 is 0 Å². The molecular weight excluding hydrogens is 253 g/mol. The molecule has 2 nitrogen and oxygen atoms in total. The van der Waals surface area contributed by atoms with Crippen LogP contribution >= 0.6 is 0 Å². The SMILES string of the molecule is CNC1CC(C2CCCCCC2)Oc2ccc(F)cc21. The van der Waals surface area contributed by atoms with Gasteiger partial charge >= 0.3 is 0 Å². The number of halogens is 1. The molecule has 1 aromatic carbocycles. The summed E-state index contributed by atoms with van der Waals surface area (Å²) in [5.41, 5.74) is 0.970. The number of nitrogens with one attached hydrogen (secondary N) is 1. The van der Waals surface area contributed by atoms with Crippen LogP contribution in [-0.2, 0) is 0 Å². The molecule has 1 heterocycles. The molecule has 3 rings (SSSR count). The molecule has 1 fully saturated rings. The second-order valence-electron chi connectivity index (χ2n) is 6.17. The minimum absolute atomic E-state index is 0.180. The summed E-state index contributed by atoms with van der Waals surface area (Å²) in [4.78, 5) is 0. The predicted octanol–water partition coefficient (Wildman–Crippen LogP) is 4.21. The maximum Gasteiger partial charge on any atom is 0.124 e. The van der Waals surface area contributed by atoms with Gasteiger partial charge in [-0.2, -0.15) is 0 Å². The van der Waals surface area contributed by atoms with E-state index in [0.29, 0.717) is 5.92 Å². The fourth-order valence-corrected chi connectivity index (χ4v) is 3.71. The zero-order valence-electron chi connectivity index (χ0n) is 12.2. The lowest BCUT2D eigenvalue weighted by atomic mass is 9.86. The zero-order chi connectivity index (χ0) is 13.9. The summed E-state index contributed by atoms with van der Waals surface area (Å²) in [5.74, 6) is 1.35. The van der Waals surface area contributed by atoms with Gasteiger partial charge in [0.05, 0.1) is 0 Å². The maximum absolute atomic E-state index is 13.4. The van der Waals surface area contributed by atoms with Gasteiger partial charge in [-0.25, -0.2) is 4.39 Å². The minimum atomic E-state index is -0.180. The molecule has 1 aromatic rings. The van der Waals surface area contributed by atoms with Gasteiger partial charge in [0.15, 0.2) is 0 Å². The Morgan fingerprint density at radius 1 is 1.15 bits per heavy atom. The normalized spacial score (nSPS) is 27.5. The summed E-state index contributed by atoms with van der Waals surface area (Å²) in [7, 11) is 1.95. The van der Waals surface area contributed by atoms with E-state index >= 15 is 0 Å². The number of benzene rings is 1. The highest BCUT2D eigenvalue weighted by Gasteiger charge is 2.33. The van der Waals surface area contributed by atoms with Crippen LogP contribution in [-0.4, -0.2) is 13.2 Å². The molecular formula is C17H24FNO. The predicted molar refractivity (Wildman–Crippen MR) is 78.4 cm³/mol. The Labute approximate surface area is 120 Å². The van der Waals surface area contributed by atoms with Gasteiger partial charge in [0.1, 0.15) is 17.7 Å². The van der Waals surface area contributed by atoms with Crippen LogP contribution in [0.2, 0.25) is 0 Å². The third kappa shape index (κ3) is 2.83. The number of fused-ring (bicyclic) bond motifs is 1. The molecule has 2 aliphatic rings. The number of hydrogen-bond donors (Lipinski definition) is 1. The van der Waals surface area contributed by atoms with Crippen LogP contribution in [0, 0.1) is 11.7 Å². The van der Waals surface area contributed by atoms with Crippen LogP contribution in [0.1, 0.15) is 56.6 Å². The van der Waals surface area contributed by atoms with Crippen molar-refractivity contribution in [1.29, 1.82) is 0 Å². The smallest absolute Gasteiger partial charge is 0.124 e. The molecule has 1 N–H and O–H groups in total. The van der Waals surface area contributed by atoms with Gasteiger partial charge in [-0.3, -0.25) is 0 Å². The van der Waals surface area contributed by atoms with E-state index in [1.807, 2.05) is 7.05 Å². The topological polar surface area (TPSA) is 21.3 Å². The van der Waals surface area contributed by atoms with Crippen molar-refractivity contribution >= 4 is 0 Å². The van der Waals surface area contributed by atoms with Crippen LogP contribution in [0.3, 0.4) is 0 Å². The molecule has 1 aliphatic carbocycles. The van der Waals surface area contributed by atoms with E-state index in [1.54, 1.807) is 12.1 Å². The van der Waals surface area contributed by atoms with Crippen molar-refractivity contribution in [3.05, 3.63) is 29.6 Å². The molecule has 1 aliphatic heterocycles. The largest absolute Gasteiger partial charge is 0.490 e. The first-order valence-corrected chi connectivity index (χ1v) is 7.91. The van der Waals surface area contributed by atoms with Gasteiger partial charge in [-0.05, 0) is 44.0 Å². The fourth-order valence-electron chi connectivity index (χ4n) is 3.71. The molecule has 0 bridgehead atoms. The second kappa shape index (κ2) is 6.13. The molecule has 0 radical (unpaired) electrons. The van der Waals surface area contributed by atoms with Crippen LogP contribution in [0.5, 0.6) is 5.75 Å². The number of hydrogen-bond acceptors (Lipinski definition) is 2. The first kappa shape index (κ1) is 13.9. The first-order valence-electron chi connectivity index (χ1n) is 7.91. The lowest BCUT2D eigenvalue weighted by molar-refractivity contribution is 0.0854. The van der Waals surface area contributed by atoms with Crippen molar-refractivity contribution in [2.45, 2.75) is 57.1 Å². The van der Waals surface area contributed by atoms with E-state index in [4.69, 9.17) is 4.74 Å². The minimum Gasteiger partial charge on any atom is -0.490 e. The Morgan fingerprint density at radius 3 is 2.60 bits per heavy atom. The van der Waals surface area contributed by atoms with Crippen molar-refractivity contribution in [2.24, 2.45) is 5.92 Å². The lowest BCUT2D eigenvalue weighted by Crippen LogP contribution is -2.36. The molecule has 20 heavy (non-hydrogen) atoms. The Balaban J connectivity index is 1.81. The number of ether oxygens (including phenoxy) is 1. The lowest BCUT2D eigenvalue weighted by Gasteiger charge is -2.36. The van der Waals surface area contributed by atoms with Crippen molar-refractivity contribution in [3.63, 3.8) is 0 Å². The molecule has 110 valence electrons. The molecule has 0 aromatic heterocycles. The molecule has 0 saturated heterocycles. The highest BCUT2D eigenvalue weighted by atomic mass is 19.1. The Hall–Kier alpha value is -1.09. The quantitative estimate of drug-likeness (QED) is 0.818. The molecule has 3 heteroatoms. The van der Waals surface area contributed by atoms with Gasteiger partial charge in [0.25, 0.3) is 0 Å². The van der Waals surface area contributed by atoms with Gasteiger partial charge in [0.2, 0.25) is 0 Å².